The van der Waals surface area contributed by atoms with Crippen LogP contribution in [0.4, 0.5) is 24.5 Å². The first kappa shape index (κ1) is 17.2. The molecule has 0 aliphatic rings. The van der Waals surface area contributed by atoms with E-state index in [0.29, 0.717) is 18.9 Å². The number of anilines is 1. The maximum Gasteiger partial charge on any atom is 0.416 e. The number of rotatable bonds is 6. The van der Waals surface area contributed by atoms with E-state index in [-0.39, 0.29) is 12.2 Å². The van der Waals surface area contributed by atoms with Gasteiger partial charge in [-0.25, -0.2) is 0 Å². The van der Waals surface area contributed by atoms with Crippen molar-refractivity contribution >= 4 is 11.4 Å². The summed E-state index contributed by atoms with van der Waals surface area (Å²) in [6.07, 6.45) is -3.80. The summed E-state index contributed by atoms with van der Waals surface area (Å²) in [5.74, 6) is 0. The van der Waals surface area contributed by atoms with Crippen LogP contribution in [0.15, 0.2) is 18.2 Å². The molecule has 0 aliphatic carbocycles. The van der Waals surface area contributed by atoms with Gasteiger partial charge in [0.1, 0.15) is 5.69 Å². The number of halogens is 3. The van der Waals surface area contributed by atoms with Crippen LogP contribution in [0.2, 0.25) is 0 Å². The minimum atomic E-state index is -4.64. The SMILES string of the molecule is CCC(O)(CC)CNc1ccc(C(F)(F)F)cc1[N+](=O)[O-]. The van der Waals surface area contributed by atoms with Gasteiger partial charge in [-0.15, -0.1) is 0 Å². The molecule has 0 spiro atoms. The predicted octanol–water partition coefficient (Wildman–Crippen LogP) is 3.58. The largest absolute Gasteiger partial charge is 0.416 e. The van der Waals surface area contributed by atoms with Crippen molar-refractivity contribution in [2.45, 2.75) is 38.5 Å². The van der Waals surface area contributed by atoms with E-state index >= 15 is 0 Å². The summed E-state index contributed by atoms with van der Waals surface area (Å²) in [5.41, 5.74) is -2.86. The molecule has 118 valence electrons. The van der Waals surface area contributed by atoms with Gasteiger partial charge in [-0.3, -0.25) is 10.1 Å². The Morgan fingerprint density at radius 3 is 2.29 bits per heavy atom. The molecule has 5 nitrogen and oxygen atoms in total. The molecule has 0 radical (unpaired) electrons. The maximum absolute atomic E-state index is 12.6. The van der Waals surface area contributed by atoms with Crippen LogP contribution in [-0.4, -0.2) is 22.2 Å². The maximum atomic E-state index is 12.6. The summed E-state index contributed by atoms with van der Waals surface area (Å²) in [5, 5.41) is 23.6. The molecule has 0 fully saturated rings. The van der Waals surface area contributed by atoms with Crippen molar-refractivity contribution < 1.29 is 23.2 Å². The average molecular weight is 306 g/mol. The molecule has 8 heteroatoms. The number of hydrogen-bond donors (Lipinski definition) is 2. The lowest BCUT2D eigenvalue weighted by molar-refractivity contribution is -0.384. The molecule has 0 bridgehead atoms. The van der Waals surface area contributed by atoms with Gasteiger partial charge < -0.3 is 10.4 Å². The topological polar surface area (TPSA) is 75.4 Å². The summed E-state index contributed by atoms with van der Waals surface area (Å²) in [6.45, 7) is 3.53. The highest BCUT2D eigenvalue weighted by Gasteiger charge is 2.33. The number of aliphatic hydroxyl groups is 1. The van der Waals surface area contributed by atoms with Gasteiger partial charge in [0.15, 0.2) is 0 Å². The zero-order valence-electron chi connectivity index (χ0n) is 11.7. The number of hydrogen-bond acceptors (Lipinski definition) is 4. The van der Waals surface area contributed by atoms with Crippen LogP contribution in [0.1, 0.15) is 32.3 Å². The van der Waals surface area contributed by atoms with E-state index in [1.54, 1.807) is 13.8 Å². The predicted molar refractivity (Wildman–Crippen MR) is 72.1 cm³/mol. The molecule has 0 aliphatic heterocycles. The molecule has 2 N–H and O–H groups in total. The van der Waals surface area contributed by atoms with Crippen molar-refractivity contribution in [3.05, 3.63) is 33.9 Å². The molecule has 21 heavy (non-hydrogen) atoms. The number of nitro groups is 1. The minimum absolute atomic E-state index is 0.0200. The highest BCUT2D eigenvalue weighted by atomic mass is 19.4. The van der Waals surface area contributed by atoms with Crippen LogP contribution in [0.5, 0.6) is 0 Å². The second-order valence-electron chi connectivity index (χ2n) is 4.77. The van der Waals surface area contributed by atoms with E-state index in [9.17, 15) is 28.4 Å². The first-order chi connectivity index (χ1) is 9.63. The van der Waals surface area contributed by atoms with Crippen LogP contribution in [0.25, 0.3) is 0 Å². The first-order valence-electron chi connectivity index (χ1n) is 6.45. The molecule has 0 unspecified atom stereocenters. The fraction of sp³-hybridized carbons (Fsp3) is 0.538. The van der Waals surface area contributed by atoms with E-state index in [1.807, 2.05) is 0 Å². The number of nitrogens with zero attached hydrogens (tertiary/aromatic N) is 1. The molecule has 0 saturated carbocycles. The number of nitro benzene ring substituents is 1. The fourth-order valence-electron chi connectivity index (χ4n) is 1.77. The normalized spacial score (nSPS) is 12.3. The van der Waals surface area contributed by atoms with Crippen molar-refractivity contribution in [1.29, 1.82) is 0 Å². The van der Waals surface area contributed by atoms with E-state index in [0.717, 1.165) is 12.1 Å². The third-order valence-corrected chi connectivity index (χ3v) is 3.45. The lowest BCUT2D eigenvalue weighted by Crippen LogP contribution is -2.35. The van der Waals surface area contributed by atoms with E-state index in [4.69, 9.17) is 0 Å². The van der Waals surface area contributed by atoms with Crippen LogP contribution in [0.3, 0.4) is 0 Å². The van der Waals surface area contributed by atoms with Gasteiger partial charge in [0.25, 0.3) is 5.69 Å². The Kier molecular flexibility index (Phi) is 5.16. The van der Waals surface area contributed by atoms with Gasteiger partial charge >= 0.3 is 6.18 Å². The van der Waals surface area contributed by atoms with Crippen molar-refractivity contribution in [3.63, 3.8) is 0 Å². The second-order valence-corrected chi connectivity index (χ2v) is 4.77. The molecule has 0 saturated heterocycles. The Labute approximate surface area is 119 Å². The quantitative estimate of drug-likeness (QED) is 0.622. The van der Waals surface area contributed by atoms with Crippen molar-refractivity contribution in [3.8, 4) is 0 Å². The second kappa shape index (κ2) is 6.30. The van der Waals surface area contributed by atoms with Gasteiger partial charge in [-0.1, -0.05) is 13.8 Å². The number of alkyl halides is 3. The smallest absolute Gasteiger partial charge is 0.388 e. The van der Waals surface area contributed by atoms with Crippen molar-refractivity contribution in [2.24, 2.45) is 0 Å². The summed E-state index contributed by atoms with van der Waals surface area (Å²) in [7, 11) is 0. The molecule has 0 amide bonds. The third kappa shape index (κ3) is 4.32. The zero-order valence-corrected chi connectivity index (χ0v) is 11.7. The average Bonchev–Trinajstić information content (AvgIpc) is 2.43. The summed E-state index contributed by atoms with van der Waals surface area (Å²) in [4.78, 5) is 10.0. The molecule has 0 heterocycles. The van der Waals surface area contributed by atoms with Crippen LogP contribution in [-0.2, 0) is 6.18 Å². The lowest BCUT2D eigenvalue weighted by atomic mass is 9.97. The molecule has 1 aromatic rings. The van der Waals surface area contributed by atoms with E-state index in [2.05, 4.69) is 5.32 Å². The Morgan fingerprint density at radius 1 is 1.29 bits per heavy atom. The highest BCUT2D eigenvalue weighted by molar-refractivity contribution is 5.63. The van der Waals surface area contributed by atoms with Gasteiger partial charge in [0, 0.05) is 12.6 Å². The van der Waals surface area contributed by atoms with Crippen molar-refractivity contribution in [2.75, 3.05) is 11.9 Å². The molecule has 0 atom stereocenters. The Bertz CT molecular complexity index is 514. The zero-order chi connectivity index (χ0) is 16.3. The van der Waals surface area contributed by atoms with Crippen molar-refractivity contribution in [1.82, 2.24) is 0 Å². The van der Waals surface area contributed by atoms with Crippen LogP contribution in [0, 0.1) is 10.1 Å². The highest BCUT2D eigenvalue weighted by Crippen LogP contribution is 2.35. The summed E-state index contributed by atoms with van der Waals surface area (Å²) in [6, 6.07) is 2.26. The van der Waals surface area contributed by atoms with Gasteiger partial charge in [0.2, 0.25) is 0 Å². The lowest BCUT2D eigenvalue weighted by Gasteiger charge is -2.25. The molecule has 1 rings (SSSR count). The first-order valence-corrected chi connectivity index (χ1v) is 6.45. The molecule has 0 aromatic heterocycles. The number of benzene rings is 1. The van der Waals surface area contributed by atoms with Gasteiger partial charge in [-0.05, 0) is 25.0 Å². The molecule has 1 aromatic carbocycles. The van der Waals surface area contributed by atoms with Gasteiger partial charge in [-0.2, -0.15) is 13.2 Å². The number of nitrogens with one attached hydrogen (secondary N) is 1. The summed E-state index contributed by atoms with van der Waals surface area (Å²) >= 11 is 0. The molecular weight excluding hydrogens is 289 g/mol. The fourth-order valence-corrected chi connectivity index (χ4v) is 1.77. The van der Waals surface area contributed by atoms with Crippen LogP contribution < -0.4 is 5.32 Å². The Hall–Kier alpha value is -1.83. The van der Waals surface area contributed by atoms with Crippen LogP contribution >= 0.6 is 0 Å². The Balaban J connectivity index is 3.05. The van der Waals surface area contributed by atoms with E-state index < -0.39 is 28.0 Å². The summed E-state index contributed by atoms with van der Waals surface area (Å²) < 4.78 is 37.7. The van der Waals surface area contributed by atoms with E-state index in [1.165, 1.54) is 0 Å². The standard InChI is InChI=1S/C13H17F3N2O3/c1-3-12(19,4-2)8-17-10-6-5-9(13(14,15)16)7-11(10)18(20)21/h5-7,17,19H,3-4,8H2,1-2H3. The van der Waals surface area contributed by atoms with Gasteiger partial charge in [0.05, 0.1) is 16.1 Å². The minimum Gasteiger partial charge on any atom is -0.388 e. The third-order valence-electron chi connectivity index (χ3n) is 3.45. The monoisotopic (exact) mass is 306 g/mol. The molecular formula is C13H17F3N2O3. The Morgan fingerprint density at radius 2 is 1.86 bits per heavy atom.